The zero-order valence-corrected chi connectivity index (χ0v) is 12.6. The molecule has 3 fully saturated rings. The van der Waals surface area contributed by atoms with E-state index in [1.807, 2.05) is 0 Å². The third-order valence-corrected chi connectivity index (χ3v) is 6.94. The van der Waals surface area contributed by atoms with Crippen LogP contribution in [0.1, 0.15) is 46.5 Å². The first kappa shape index (κ1) is 12.9. The third-order valence-electron chi connectivity index (χ3n) is 6.94. The highest BCUT2D eigenvalue weighted by atomic mass is 15.1. The molecule has 2 aliphatic carbocycles. The van der Waals surface area contributed by atoms with E-state index in [1.54, 1.807) is 0 Å². The second kappa shape index (κ2) is 4.21. The van der Waals surface area contributed by atoms with Gasteiger partial charge in [0.25, 0.3) is 0 Å². The van der Waals surface area contributed by atoms with Crippen LogP contribution in [-0.4, -0.2) is 37.6 Å². The largest absolute Gasteiger partial charge is 0.313 e. The predicted molar refractivity (Wildman–Crippen MR) is 76.6 cm³/mol. The van der Waals surface area contributed by atoms with Gasteiger partial charge in [-0.3, -0.25) is 0 Å². The fraction of sp³-hybridized carbons (Fsp3) is 1.00. The van der Waals surface area contributed by atoms with Crippen LogP contribution in [-0.2, 0) is 0 Å². The summed E-state index contributed by atoms with van der Waals surface area (Å²) >= 11 is 0. The number of rotatable bonds is 3. The molecule has 0 aromatic heterocycles. The molecule has 0 spiro atoms. The van der Waals surface area contributed by atoms with Gasteiger partial charge in [-0.05, 0) is 68.5 Å². The van der Waals surface area contributed by atoms with Crippen molar-refractivity contribution in [1.29, 1.82) is 0 Å². The smallest absolute Gasteiger partial charge is 0.0129 e. The molecule has 2 nitrogen and oxygen atoms in total. The number of fused-ring (bicyclic) bond motifs is 2. The van der Waals surface area contributed by atoms with Gasteiger partial charge in [0.2, 0.25) is 0 Å². The first-order valence-corrected chi connectivity index (χ1v) is 7.85. The van der Waals surface area contributed by atoms with Crippen LogP contribution in [0.2, 0.25) is 0 Å². The summed E-state index contributed by atoms with van der Waals surface area (Å²) < 4.78 is 0. The van der Waals surface area contributed by atoms with Gasteiger partial charge in [0, 0.05) is 12.6 Å². The molecule has 2 bridgehead atoms. The Morgan fingerprint density at radius 1 is 1.22 bits per heavy atom. The van der Waals surface area contributed by atoms with Crippen molar-refractivity contribution in [3.8, 4) is 0 Å². The van der Waals surface area contributed by atoms with E-state index in [-0.39, 0.29) is 0 Å². The Morgan fingerprint density at radius 2 is 2.00 bits per heavy atom. The minimum absolute atomic E-state index is 0.544. The zero-order chi connectivity index (χ0) is 13.0. The van der Waals surface area contributed by atoms with Crippen molar-refractivity contribution in [2.45, 2.75) is 52.5 Å². The van der Waals surface area contributed by atoms with Crippen molar-refractivity contribution < 1.29 is 0 Å². The summed E-state index contributed by atoms with van der Waals surface area (Å²) in [7, 11) is 2.25. The zero-order valence-electron chi connectivity index (χ0n) is 12.6. The van der Waals surface area contributed by atoms with Crippen LogP contribution in [0.4, 0.5) is 0 Å². The first-order valence-electron chi connectivity index (χ1n) is 7.85. The van der Waals surface area contributed by atoms with Gasteiger partial charge >= 0.3 is 0 Å². The molecular formula is C16H30N2. The normalized spacial score (nSPS) is 47.0. The van der Waals surface area contributed by atoms with E-state index in [2.05, 4.69) is 38.0 Å². The SMILES string of the molecule is CN1CCC(CNC2CC3CCC2(C)C3(C)C)C1. The molecule has 0 aromatic rings. The Labute approximate surface area is 113 Å². The molecule has 18 heavy (non-hydrogen) atoms. The summed E-state index contributed by atoms with van der Waals surface area (Å²) in [5.74, 6) is 1.85. The number of likely N-dealkylation sites (tertiary alicyclic amines) is 1. The lowest BCUT2D eigenvalue weighted by Gasteiger charge is -2.40. The van der Waals surface area contributed by atoms with Gasteiger partial charge in [-0.25, -0.2) is 0 Å². The first-order chi connectivity index (χ1) is 8.43. The Morgan fingerprint density at radius 3 is 2.50 bits per heavy atom. The summed E-state index contributed by atoms with van der Waals surface area (Å²) in [5, 5.41) is 3.94. The highest BCUT2D eigenvalue weighted by Gasteiger charge is 2.61. The number of hydrogen-bond donors (Lipinski definition) is 1. The average molecular weight is 250 g/mol. The second-order valence-electron chi connectivity index (χ2n) is 7.99. The maximum atomic E-state index is 3.94. The molecule has 4 unspecified atom stereocenters. The monoisotopic (exact) mass is 250 g/mol. The van der Waals surface area contributed by atoms with Crippen LogP contribution < -0.4 is 5.32 Å². The maximum Gasteiger partial charge on any atom is 0.0129 e. The van der Waals surface area contributed by atoms with Crippen LogP contribution in [0.3, 0.4) is 0 Å². The van der Waals surface area contributed by atoms with Crippen LogP contribution >= 0.6 is 0 Å². The fourth-order valence-corrected chi connectivity index (χ4v) is 5.01. The quantitative estimate of drug-likeness (QED) is 0.828. The topological polar surface area (TPSA) is 15.3 Å². The van der Waals surface area contributed by atoms with Crippen molar-refractivity contribution >= 4 is 0 Å². The molecule has 1 N–H and O–H groups in total. The van der Waals surface area contributed by atoms with Crippen molar-refractivity contribution in [1.82, 2.24) is 10.2 Å². The third kappa shape index (κ3) is 1.76. The van der Waals surface area contributed by atoms with Crippen LogP contribution in [0.25, 0.3) is 0 Å². The average Bonchev–Trinajstić information content (AvgIpc) is 2.87. The van der Waals surface area contributed by atoms with Gasteiger partial charge in [-0.15, -0.1) is 0 Å². The molecule has 104 valence electrons. The lowest BCUT2D eigenvalue weighted by molar-refractivity contribution is 0.119. The molecule has 4 atom stereocenters. The van der Waals surface area contributed by atoms with E-state index >= 15 is 0 Å². The van der Waals surface area contributed by atoms with Gasteiger partial charge in [-0.1, -0.05) is 20.8 Å². The lowest BCUT2D eigenvalue weighted by Crippen LogP contribution is -2.46. The van der Waals surface area contributed by atoms with Crippen molar-refractivity contribution in [2.75, 3.05) is 26.7 Å². The Hall–Kier alpha value is -0.0800. The molecule has 2 saturated carbocycles. The molecule has 0 aromatic carbocycles. The van der Waals surface area contributed by atoms with Crippen LogP contribution in [0.5, 0.6) is 0 Å². The minimum Gasteiger partial charge on any atom is -0.313 e. The van der Waals surface area contributed by atoms with Crippen LogP contribution in [0, 0.1) is 22.7 Å². The number of nitrogens with zero attached hydrogens (tertiary/aromatic N) is 1. The summed E-state index contributed by atoms with van der Waals surface area (Å²) in [5.41, 5.74) is 1.10. The Balaban J connectivity index is 1.59. The van der Waals surface area contributed by atoms with E-state index < -0.39 is 0 Å². The standard InChI is InChI=1S/C16H30N2/c1-15(2)13-5-7-16(15,3)14(9-13)17-10-12-6-8-18(4)11-12/h12-14,17H,5-11H2,1-4H3. The van der Waals surface area contributed by atoms with Crippen molar-refractivity contribution in [2.24, 2.45) is 22.7 Å². The molecular weight excluding hydrogens is 220 g/mol. The van der Waals surface area contributed by atoms with Gasteiger partial charge in [0.1, 0.15) is 0 Å². The second-order valence-corrected chi connectivity index (χ2v) is 7.99. The summed E-state index contributed by atoms with van der Waals surface area (Å²) in [6.07, 6.45) is 5.71. The van der Waals surface area contributed by atoms with Crippen molar-refractivity contribution in [3.63, 3.8) is 0 Å². The molecule has 3 aliphatic rings. The summed E-state index contributed by atoms with van der Waals surface area (Å²) in [4.78, 5) is 2.47. The molecule has 1 aliphatic heterocycles. The van der Waals surface area contributed by atoms with Gasteiger partial charge < -0.3 is 10.2 Å². The fourth-order valence-electron chi connectivity index (χ4n) is 5.01. The molecule has 3 rings (SSSR count). The summed E-state index contributed by atoms with van der Waals surface area (Å²) in [6, 6.07) is 0.775. The van der Waals surface area contributed by atoms with Crippen molar-refractivity contribution in [3.05, 3.63) is 0 Å². The number of nitrogens with one attached hydrogen (secondary N) is 1. The molecule has 1 saturated heterocycles. The Bertz CT molecular complexity index is 325. The van der Waals surface area contributed by atoms with E-state index in [1.165, 1.54) is 45.3 Å². The minimum atomic E-state index is 0.544. The van der Waals surface area contributed by atoms with Gasteiger partial charge in [0.15, 0.2) is 0 Å². The summed E-state index contributed by atoms with van der Waals surface area (Å²) in [6.45, 7) is 11.4. The molecule has 0 radical (unpaired) electrons. The van der Waals surface area contributed by atoms with Gasteiger partial charge in [0.05, 0.1) is 0 Å². The van der Waals surface area contributed by atoms with E-state index in [0.29, 0.717) is 10.8 Å². The van der Waals surface area contributed by atoms with E-state index in [0.717, 1.165) is 17.9 Å². The lowest BCUT2D eigenvalue weighted by atomic mass is 9.69. The Kier molecular flexibility index (Phi) is 3.02. The molecule has 0 amide bonds. The van der Waals surface area contributed by atoms with E-state index in [4.69, 9.17) is 0 Å². The van der Waals surface area contributed by atoms with Gasteiger partial charge in [-0.2, -0.15) is 0 Å². The highest BCUT2D eigenvalue weighted by Crippen LogP contribution is 2.65. The highest BCUT2D eigenvalue weighted by molar-refractivity contribution is 5.13. The number of hydrogen-bond acceptors (Lipinski definition) is 2. The van der Waals surface area contributed by atoms with E-state index in [9.17, 15) is 0 Å². The predicted octanol–water partition coefficient (Wildman–Crippen LogP) is 2.74. The molecule has 1 heterocycles. The molecule has 2 heteroatoms. The van der Waals surface area contributed by atoms with Crippen LogP contribution in [0.15, 0.2) is 0 Å². The maximum absolute atomic E-state index is 3.94.